The SMILES string of the molecule is COCc1ccc2c(c1)nc1n2CCN(C2CCC2)CC1. The van der Waals surface area contributed by atoms with E-state index in [0.717, 1.165) is 24.5 Å². The molecule has 2 aliphatic rings. The van der Waals surface area contributed by atoms with Gasteiger partial charge in [0.05, 0.1) is 17.6 Å². The minimum atomic E-state index is 0.660. The monoisotopic (exact) mass is 285 g/mol. The molecular formula is C17H23N3O. The van der Waals surface area contributed by atoms with E-state index in [0.29, 0.717) is 6.61 Å². The highest BCUT2D eigenvalue weighted by Gasteiger charge is 2.27. The van der Waals surface area contributed by atoms with Crippen LogP contribution in [0.2, 0.25) is 0 Å². The molecule has 1 saturated carbocycles. The normalized spacial score (nSPS) is 20.2. The summed E-state index contributed by atoms with van der Waals surface area (Å²) in [7, 11) is 1.74. The average Bonchev–Trinajstić information content (AvgIpc) is 2.65. The third-order valence-electron chi connectivity index (χ3n) is 5.03. The molecule has 21 heavy (non-hydrogen) atoms. The van der Waals surface area contributed by atoms with Gasteiger partial charge in [-0.25, -0.2) is 4.98 Å². The largest absolute Gasteiger partial charge is 0.380 e. The Kier molecular flexibility index (Phi) is 3.43. The Morgan fingerprint density at radius 1 is 1.24 bits per heavy atom. The average molecular weight is 285 g/mol. The third kappa shape index (κ3) is 2.36. The van der Waals surface area contributed by atoms with Gasteiger partial charge in [0.2, 0.25) is 0 Å². The molecule has 4 heteroatoms. The molecule has 0 atom stereocenters. The number of nitrogens with zero attached hydrogens (tertiary/aromatic N) is 3. The summed E-state index contributed by atoms with van der Waals surface area (Å²) in [5.41, 5.74) is 3.60. The van der Waals surface area contributed by atoms with Crippen LogP contribution in [0.15, 0.2) is 18.2 Å². The maximum atomic E-state index is 5.22. The van der Waals surface area contributed by atoms with Gasteiger partial charge in [0, 0.05) is 39.2 Å². The van der Waals surface area contributed by atoms with Crippen LogP contribution >= 0.6 is 0 Å². The van der Waals surface area contributed by atoms with Crippen LogP contribution in [0.5, 0.6) is 0 Å². The second-order valence-corrected chi connectivity index (χ2v) is 6.31. The first-order valence-corrected chi connectivity index (χ1v) is 8.06. The standard InChI is InChI=1S/C17H23N3O/c1-21-12-13-5-6-16-15(11-13)18-17-7-8-19(9-10-20(16)17)14-3-2-4-14/h5-6,11,14H,2-4,7-10,12H2,1H3. The molecule has 112 valence electrons. The van der Waals surface area contributed by atoms with Gasteiger partial charge in [-0.15, -0.1) is 0 Å². The van der Waals surface area contributed by atoms with Gasteiger partial charge in [-0.1, -0.05) is 12.5 Å². The Hall–Kier alpha value is -1.39. The number of ether oxygens (including phenoxy) is 1. The zero-order valence-corrected chi connectivity index (χ0v) is 12.7. The van der Waals surface area contributed by atoms with Crippen molar-refractivity contribution in [3.05, 3.63) is 29.6 Å². The Morgan fingerprint density at radius 2 is 2.14 bits per heavy atom. The highest BCUT2D eigenvalue weighted by Crippen LogP contribution is 2.27. The molecule has 2 aromatic rings. The molecule has 0 N–H and O–H groups in total. The van der Waals surface area contributed by atoms with Crippen LogP contribution in [-0.2, 0) is 24.3 Å². The van der Waals surface area contributed by atoms with Crippen molar-refractivity contribution in [3.63, 3.8) is 0 Å². The summed E-state index contributed by atoms with van der Waals surface area (Å²) in [4.78, 5) is 7.54. The Bertz CT molecular complexity index is 645. The van der Waals surface area contributed by atoms with E-state index in [1.165, 1.54) is 49.3 Å². The molecule has 0 spiro atoms. The number of rotatable bonds is 3. The number of hydrogen-bond donors (Lipinski definition) is 0. The van der Waals surface area contributed by atoms with Gasteiger partial charge in [0.25, 0.3) is 0 Å². The Morgan fingerprint density at radius 3 is 2.90 bits per heavy atom. The predicted molar refractivity (Wildman–Crippen MR) is 83.4 cm³/mol. The van der Waals surface area contributed by atoms with E-state index in [-0.39, 0.29) is 0 Å². The molecule has 4 rings (SSSR count). The highest BCUT2D eigenvalue weighted by molar-refractivity contribution is 5.77. The van der Waals surface area contributed by atoms with E-state index in [1.807, 2.05) is 0 Å². The molecule has 4 nitrogen and oxygen atoms in total. The fourth-order valence-electron chi connectivity index (χ4n) is 3.62. The zero-order chi connectivity index (χ0) is 14.2. The summed E-state index contributed by atoms with van der Waals surface area (Å²) in [6, 6.07) is 7.38. The van der Waals surface area contributed by atoms with Crippen molar-refractivity contribution < 1.29 is 4.74 Å². The first-order chi connectivity index (χ1) is 10.3. The lowest BCUT2D eigenvalue weighted by Crippen LogP contribution is -2.41. The topological polar surface area (TPSA) is 30.3 Å². The number of benzene rings is 1. The third-order valence-corrected chi connectivity index (χ3v) is 5.03. The van der Waals surface area contributed by atoms with Crippen LogP contribution in [0.4, 0.5) is 0 Å². The zero-order valence-electron chi connectivity index (χ0n) is 12.7. The van der Waals surface area contributed by atoms with Crippen molar-refractivity contribution in [3.8, 4) is 0 Å². The fourth-order valence-corrected chi connectivity index (χ4v) is 3.62. The summed E-state index contributed by atoms with van der Waals surface area (Å²) < 4.78 is 7.64. The van der Waals surface area contributed by atoms with E-state index in [1.54, 1.807) is 7.11 Å². The van der Waals surface area contributed by atoms with Crippen LogP contribution < -0.4 is 0 Å². The molecule has 1 aliphatic heterocycles. The smallest absolute Gasteiger partial charge is 0.111 e. The van der Waals surface area contributed by atoms with Crippen LogP contribution in [0.1, 0.15) is 30.7 Å². The first-order valence-electron chi connectivity index (χ1n) is 8.06. The van der Waals surface area contributed by atoms with Gasteiger partial charge in [-0.2, -0.15) is 0 Å². The molecule has 0 radical (unpaired) electrons. The lowest BCUT2D eigenvalue weighted by molar-refractivity contribution is 0.130. The molecule has 1 fully saturated rings. The van der Waals surface area contributed by atoms with Crippen LogP contribution in [0, 0.1) is 0 Å². The van der Waals surface area contributed by atoms with E-state index >= 15 is 0 Å². The Labute approximate surface area is 125 Å². The van der Waals surface area contributed by atoms with Gasteiger partial charge in [0.1, 0.15) is 5.82 Å². The molecule has 1 aromatic carbocycles. The molecule has 0 unspecified atom stereocenters. The number of aromatic nitrogens is 2. The fraction of sp³-hybridized carbons (Fsp3) is 0.588. The Balaban J connectivity index is 1.61. The molecule has 1 aromatic heterocycles. The van der Waals surface area contributed by atoms with Gasteiger partial charge >= 0.3 is 0 Å². The molecule has 2 heterocycles. The number of hydrogen-bond acceptors (Lipinski definition) is 3. The van der Waals surface area contributed by atoms with Crippen LogP contribution in [0.25, 0.3) is 11.0 Å². The maximum absolute atomic E-state index is 5.22. The molecule has 1 aliphatic carbocycles. The van der Waals surface area contributed by atoms with Gasteiger partial charge in [-0.05, 0) is 30.5 Å². The number of fused-ring (bicyclic) bond motifs is 3. The van der Waals surface area contributed by atoms with Gasteiger partial charge in [-0.3, -0.25) is 4.90 Å². The lowest BCUT2D eigenvalue weighted by Gasteiger charge is -2.36. The van der Waals surface area contributed by atoms with E-state index in [9.17, 15) is 0 Å². The van der Waals surface area contributed by atoms with Crippen LogP contribution in [-0.4, -0.2) is 40.7 Å². The van der Waals surface area contributed by atoms with Crippen molar-refractivity contribution in [1.82, 2.24) is 14.5 Å². The van der Waals surface area contributed by atoms with E-state index in [2.05, 4.69) is 27.7 Å². The lowest BCUT2D eigenvalue weighted by atomic mass is 9.91. The molecular weight excluding hydrogens is 262 g/mol. The summed E-state index contributed by atoms with van der Waals surface area (Å²) in [5, 5.41) is 0. The van der Waals surface area contributed by atoms with Crippen molar-refractivity contribution in [2.24, 2.45) is 0 Å². The minimum Gasteiger partial charge on any atom is -0.380 e. The summed E-state index contributed by atoms with van der Waals surface area (Å²) in [5.74, 6) is 1.25. The number of methoxy groups -OCH3 is 1. The maximum Gasteiger partial charge on any atom is 0.111 e. The first kappa shape index (κ1) is 13.3. The quantitative estimate of drug-likeness (QED) is 0.868. The highest BCUT2D eigenvalue weighted by atomic mass is 16.5. The van der Waals surface area contributed by atoms with Crippen molar-refractivity contribution >= 4 is 11.0 Å². The van der Waals surface area contributed by atoms with Gasteiger partial charge in [0.15, 0.2) is 0 Å². The van der Waals surface area contributed by atoms with E-state index < -0.39 is 0 Å². The summed E-state index contributed by atoms with van der Waals surface area (Å²) >= 11 is 0. The van der Waals surface area contributed by atoms with Crippen molar-refractivity contribution in [1.29, 1.82) is 0 Å². The molecule has 0 saturated heterocycles. The predicted octanol–water partition coefficient (Wildman–Crippen LogP) is 2.59. The number of imidazole rings is 1. The summed E-state index contributed by atoms with van der Waals surface area (Å²) in [6.45, 7) is 4.07. The molecule has 0 amide bonds. The van der Waals surface area contributed by atoms with Gasteiger partial charge < -0.3 is 9.30 Å². The van der Waals surface area contributed by atoms with Crippen molar-refractivity contribution in [2.45, 2.75) is 44.9 Å². The second-order valence-electron chi connectivity index (χ2n) is 6.31. The minimum absolute atomic E-state index is 0.660. The molecule has 0 bridgehead atoms. The second kappa shape index (κ2) is 5.43. The van der Waals surface area contributed by atoms with E-state index in [4.69, 9.17) is 9.72 Å². The van der Waals surface area contributed by atoms with Crippen LogP contribution in [0.3, 0.4) is 0 Å². The summed E-state index contributed by atoms with van der Waals surface area (Å²) in [6.07, 6.45) is 5.27. The van der Waals surface area contributed by atoms with Crippen molar-refractivity contribution in [2.75, 3.05) is 20.2 Å².